The summed E-state index contributed by atoms with van der Waals surface area (Å²) in [6.45, 7) is 7.17. The molecule has 0 radical (unpaired) electrons. The first-order valence-corrected chi connectivity index (χ1v) is 13.9. The molecule has 2 aliphatic rings. The van der Waals surface area contributed by atoms with Gasteiger partial charge in [-0.05, 0) is 67.3 Å². The Morgan fingerprint density at radius 1 is 1.00 bits per heavy atom. The van der Waals surface area contributed by atoms with Crippen LogP contribution in [0.2, 0.25) is 0 Å². The summed E-state index contributed by atoms with van der Waals surface area (Å²) in [6.07, 6.45) is 2.66. The molecule has 2 aliphatic heterocycles. The van der Waals surface area contributed by atoms with E-state index in [4.69, 9.17) is 14.2 Å². The van der Waals surface area contributed by atoms with E-state index in [0.717, 1.165) is 29.7 Å². The van der Waals surface area contributed by atoms with Crippen molar-refractivity contribution in [1.82, 2.24) is 4.90 Å². The van der Waals surface area contributed by atoms with Crippen molar-refractivity contribution in [3.05, 3.63) is 94.6 Å². The van der Waals surface area contributed by atoms with Crippen LogP contribution in [0.1, 0.15) is 61.9 Å². The highest BCUT2D eigenvalue weighted by atomic mass is 16.5. The van der Waals surface area contributed by atoms with E-state index >= 15 is 0 Å². The number of aliphatic hydroxyl groups is 1. The molecule has 40 heavy (non-hydrogen) atoms. The maximum Gasteiger partial charge on any atom is 0.295 e. The fraction of sp³-hybridized carbons (Fsp3) is 0.333. The Morgan fingerprint density at radius 3 is 2.55 bits per heavy atom. The number of aliphatic hydroxyl groups excluding tert-OH is 1. The summed E-state index contributed by atoms with van der Waals surface area (Å²) in [5.74, 6) is 0.323. The molecule has 0 spiro atoms. The highest BCUT2D eigenvalue weighted by molar-refractivity contribution is 6.46. The lowest BCUT2D eigenvalue weighted by Gasteiger charge is -2.26. The molecular weight excluding hydrogens is 506 g/mol. The van der Waals surface area contributed by atoms with Crippen molar-refractivity contribution in [1.29, 1.82) is 0 Å². The quantitative estimate of drug-likeness (QED) is 0.142. The van der Waals surface area contributed by atoms with Crippen LogP contribution < -0.4 is 14.2 Å². The molecule has 208 valence electrons. The smallest absolute Gasteiger partial charge is 0.295 e. The molecule has 1 fully saturated rings. The van der Waals surface area contributed by atoms with Gasteiger partial charge in [-0.3, -0.25) is 9.59 Å². The number of rotatable bonds is 10. The second kappa shape index (κ2) is 11.9. The third kappa shape index (κ3) is 5.41. The Hall–Kier alpha value is -4.26. The monoisotopic (exact) mass is 541 g/mol. The normalized spacial score (nSPS) is 19.4. The van der Waals surface area contributed by atoms with Crippen LogP contribution in [0.15, 0.2) is 72.3 Å². The Bertz CT molecular complexity index is 1430. The van der Waals surface area contributed by atoms with E-state index in [9.17, 15) is 14.7 Å². The van der Waals surface area contributed by atoms with Crippen molar-refractivity contribution < 1.29 is 28.9 Å². The first-order valence-electron chi connectivity index (χ1n) is 13.9. The zero-order valence-electron chi connectivity index (χ0n) is 23.2. The molecular formula is C33H35NO6. The molecule has 1 saturated heterocycles. The minimum absolute atomic E-state index is 0.0406. The Balaban J connectivity index is 1.61. The summed E-state index contributed by atoms with van der Waals surface area (Å²) < 4.78 is 17.7. The second-order valence-corrected chi connectivity index (χ2v) is 10.2. The van der Waals surface area contributed by atoms with Crippen molar-refractivity contribution in [2.75, 3.05) is 13.2 Å². The number of likely N-dealkylation sites (tertiary alicyclic amines) is 1. The SMILES string of the molecule is CCCCOc1ccc([C@H]2/C(=C(\O)c3ccc4c(c3)C[C@@H](C)O4)C(=O)C(=O)N2Cc2ccccc2)cc1OCC. The fourth-order valence-electron chi connectivity index (χ4n) is 5.30. The molecule has 3 aromatic rings. The van der Waals surface area contributed by atoms with Gasteiger partial charge in [-0.1, -0.05) is 49.7 Å². The van der Waals surface area contributed by atoms with E-state index in [1.54, 1.807) is 12.1 Å². The standard InChI is InChI=1S/C33H35NO6/c1-4-6-16-39-27-15-12-23(19-28(27)38-5-2)30-29(31(35)24-13-14-26-25(18-24)17-21(3)40-26)32(36)33(37)34(30)20-22-10-8-7-9-11-22/h7-15,18-19,21,30,35H,4-6,16-17,20H2,1-3H3/b31-29+/t21-,30+/m1/s1. The number of hydrogen-bond acceptors (Lipinski definition) is 6. The lowest BCUT2D eigenvalue weighted by Crippen LogP contribution is -2.29. The van der Waals surface area contributed by atoms with Gasteiger partial charge in [-0.15, -0.1) is 0 Å². The predicted molar refractivity (Wildman–Crippen MR) is 153 cm³/mol. The molecule has 0 aromatic heterocycles. The van der Waals surface area contributed by atoms with E-state index < -0.39 is 17.7 Å². The third-order valence-electron chi connectivity index (χ3n) is 7.24. The van der Waals surface area contributed by atoms with Gasteiger partial charge in [0.05, 0.1) is 24.8 Å². The van der Waals surface area contributed by atoms with E-state index in [1.165, 1.54) is 4.90 Å². The lowest BCUT2D eigenvalue weighted by atomic mass is 9.94. The molecule has 2 heterocycles. The summed E-state index contributed by atoms with van der Waals surface area (Å²) in [4.78, 5) is 28.5. The Labute approximate surface area is 235 Å². The van der Waals surface area contributed by atoms with Crippen LogP contribution >= 0.6 is 0 Å². The Morgan fingerprint density at radius 2 is 1.80 bits per heavy atom. The largest absolute Gasteiger partial charge is 0.507 e. The van der Waals surface area contributed by atoms with Gasteiger partial charge in [-0.25, -0.2) is 0 Å². The van der Waals surface area contributed by atoms with E-state index in [2.05, 4.69) is 6.92 Å². The number of amides is 1. The summed E-state index contributed by atoms with van der Waals surface area (Å²) in [6, 6.07) is 19.5. The van der Waals surface area contributed by atoms with Gasteiger partial charge in [-0.2, -0.15) is 0 Å². The number of fused-ring (bicyclic) bond motifs is 1. The van der Waals surface area contributed by atoms with Crippen molar-refractivity contribution >= 4 is 17.4 Å². The van der Waals surface area contributed by atoms with Crippen LogP contribution in [0.5, 0.6) is 17.2 Å². The molecule has 7 heteroatoms. The summed E-state index contributed by atoms with van der Waals surface area (Å²) >= 11 is 0. The first-order chi connectivity index (χ1) is 19.4. The van der Waals surface area contributed by atoms with Crippen molar-refractivity contribution in [3.63, 3.8) is 0 Å². The van der Waals surface area contributed by atoms with E-state index in [1.807, 2.05) is 68.4 Å². The van der Waals surface area contributed by atoms with Crippen LogP contribution in [-0.4, -0.2) is 41.0 Å². The van der Waals surface area contributed by atoms with Crippen LogP contribution in [0.25, 0.3) is 5.76 Å². The van der Waals surface area contributed by atoms with Crippen molar-refractivity contribution in [2.24, 2.45) is 0 Å². The third-order valence-corrected chi connectivity index (χ3v) is 7.24. The maximum absolute atomic E-state index is 13.6. The average molecular weight is 542 g/mol. The lowest BCUT2D eigenvalue weighted by molar-refractivity contribution is -0.140. The van der Waals surface area contributed by atoms with Crippen molar-refractivity contribution in [3.8, 4) is 17.2 Å². The number of hydrogen-bond donors (Lipinski definition) is 1. The molecule has 2 atom stereocenters. The van der Waals surface area contributed by atoms with Gasteiger partial charge in [0.2, 0.25) is 0 Å². The number of ether oxygens (including phenoxy) is 3. The number of benzene rings is 3. The molecule has 0 aliphatic carbocycles. The van der Waals surface area contributed by atoms with E-state index in [-0.39, 0.29) is 24.0 Å². The zero-order valence-corrected chi connectivity index (χ0v) is 23.2. The molecule has 0 unspecified atom stereocenters. The fourth-order valence-corrected chi connectivity index (χ4v) is 5.30. The van der Waals surface area contributed by atoms with Crippen LogP contribution in [0.4, 0.5) is 0 Å². The second-order valence-electron chi connectivity index (χ2n) is 10.2. The summed E-state index contributed by atoms with van der Waals surface area (Å²) in [5.41, 5.74) is 3.01. The molecule has 3 aromatic carbocycles. The first kappa shape index (κ1) is 27.3. The van der Waals surface area contributed by atoms with Crippen LogP contribution in [0, 0.1) is 0 Å². The maximum atomic E-state index is 13.6. The van der Waals surface area contributed by atoms with Gasteiger partial charge < -0.3 is 24.2 Å². The van der Waals surface area contributed by atoms with Gasteiger partial charge in [0.15, 0.2) is 11.5 Å². The predicted octanol–water partition coefficient (Wildman–Crippen LogP) is 6.21. The minimum atomic E-state index is -0.812. The number of unbranched alkanes of at least 4 members (excludes halogenated alkanes) is 1. The highest BCUT2D eigenvalue weighted by Crippen LogP contribution is 2.43. The number of carbonyl (C=O) groups excluding carboxylic acids is 2. The average Bonchev–Trinajstić information content (AvgIpc) is 3.45. The van der Waals surface area contributed by atoms with Gasteiger partial charge in [0.1, 0.15) is 17.6 Å². The van der Waals surface area contributed by atoms with Crippen LogP contribution in [-0.2, 0) is 22.6 Å². The molecule has 1 amide bonds. The highest BCUT2D eigenvalue weighted by Gasteiger charge is 2.46. The van der Waals surface area contributed by atoms with Gasteiger partial charge in [0.25, 0.3) is 11.7 Å². The molecule has 5 rings (SSSR count). The van der Waals surface area contributed by atoms with Gasteiger partial charge >= 0.3 is 0 Å². The molecule has 0 saturated carbocycles. The number of ketones is 1. The van der Waals surface area contributed by atoms with Crippen molar-refractivity contribution in [2.45, 2.75) is 58.7 Å². The molecule has 7 nitrogen and oxygen atoms in total. The molecule has 0 bridgehead atoms. The number of carbonyl (C=O) groups is 2. The summed E-state index contributed by atoms with van der Waals surface area (Å²) in [7, 11) is 0. The number of Topliss-reactive ketones (excluding diaryl/α,β-unsaturated/α-hetero) is 1. The zero-order chi connectivity index (χ0) is 28.2. The Kier molecular flexibility index (Phi) is 8.10. The van der Waals surface area contributed by atoms with E-state index in [0.29, 0.717) is 42.3 Å². The minimum Gasteiger partial charge on any atom is -0.507 e. The topological polar surface area (TPSA) is 85.3 Å². The van der Waals surface area contributed by atoms with Crippen LogP contribution in [0.3, 0.4) is 0 Å². The molecule has 1 N–H and O–H groups in total. The van der Waals surface area contributed by atoms with Gasteiger partial charge in [0, 0.05) is 18.5 Å². The summed E-state index contributed by atoms with van der Waals surface area (Å²) in [5, 5.41) is 11.6. The number of nitrogens with zero attached hydrogens (tertiary/aromatic N) is 1.